The molecule has 1 saturated carbocycles. The molecule has 35 heavy (non-hydrogen) atoms. The summed E-state index contributed by atoms with van der Waals surface area (Å²) in [6.07, 6.45) is 8.60. The first-order chi connectivity index (χ1) is 17.2. The van der Waals surface area contributed by atoms with Gasteiger partial charge in [-0.15, -0.1) is 0 Å². The Labute approximate surface area is 220 Å². The summed E-state index contributed by atoms with van der Waals surface area (Å²) < 4.78 is 7.06. The monoisotopic (exact) mass is 552 g/mol. The van der Waals surface area contributed by atoms with E-state index in [4.69, 9.17) is 4.37 Å². The molecule has 7 heteroatoms. The molecular formula is C28H33BrN4OS. The van der Waals surface area contributed by atoms with Gasteiger partial charge in [-0.2, -0.15) is 4.37 Å². The molecule has 0 radical (unpaired) electrons. The second kappa shape index (κ2) is 11.7. The SMILES string of the molecule is O=C(C=Cc1ccc(Br)cc1)NC[C@H]1CCCC[C@@H]1CN1CCN(c2nsc3ccccc23)CC1. The highest BCUT2D eigenvalue weighted by atomic mass is 79.9. The molecule has 1 saturated heterocycles. The fourth-order valence-corrected chi connectivity index (χ4v) is 6.46. The van der Waals surface area contributed by atoms with E-state index in [2.05, 4.69) is 55.3 Å². The number of piperazine rings is 1. The van der Waals surface area contributed by atoms with E-state index in [9.17, 15) is 4.79 Å². The number of benzene rings is 2. The van der Waals surface area contributed by atoms with Crippen LogP contribution in [0.25, 0.3) is 16.2 Å². The van der Waals surface area contributed by atoms with E-state index in [0.29, 0.717) is 11.8 Å². The van der Waals surface area contributed by atoms with Crippen LogP contribution >= 0.6 is 27.5 Å². The van der Waals surface area contributed by atoms with Gasteiger partial charge in [0.05, 0.1) is 4.70 Å². The van der Waals surface area contributed by atoms with Crippen molar-refractivity contribution in [2.75, 3.05) is 44.2 Å². The molecular weight excluding hydrogens is 520 g/mol. The minimum absolute atomic E-state index is 0.00125. The Balaban J connectivity index is 1.10. The van der Waals surface area contributed by atoms with E-state index in [-0.39, 0.29) is 5.91 Å². The summed E-state index contributed by atoms with van der Waals surface area (Å²) in [6, 6.07) is 16.5. The largest absolute Gasteiger partial charge is 0.353 e. The second-order valence-corrected chi connectivity index (χ2v) is 11.4. The van der Waals surface area contributed by atoms with E-state index in [1.54, 1.807) is 17.6 Å². The van der Waals surface area contributed by atoms with E-state index in [0.717, 1.165) is 55.1 Å². The van der Waals surface area contributed by atoms with Gasteiger partial charge in [-0.25, -0.2) is 0 Å². The van der Waals surface area contributed by atoms with Gasteiger partial charge in [0.1, 0.15) is 5.82 Å². The van der Waals surface area contributed by atoms with Crippen molar-refractivity contribution >= 4 is 55.3 Å². The minimum Gasteiger partial charge on any atom is -0.353 e. The van der Waals surface area contributed by atoms with Crippen molar-refractivity contribution in [3.63, 3.8) is 0 Å². The van der Waals surface area contributed by atoms with Crippen LogP contribution in [0.2, 0.25) is 0 Å². The van der Waals surface area contributed by atoms with Crippen LogP contribution in [0.4, 0.5) is 5.82 Å². The lowest BCUT2D eigenvalue weighted by atomic mass is 9.78. The van der Waals surface area contributed by atoms with Crippen molar-refractivity contribution in [2.24, 2.45) is 11.8 Å². The number of amides is 1. The Morgan fingerprint density at radius 1 is 1.03 bits per heavy atom. The Kier molecular flexibility index (Phi) is 8.16. The lowest BCUT2D eigenvalue weighted by molar-refractivity contribution is -0.116. The van der Waals surface area contributed by atoms with Crippen molar-refractivity contribution in [1.29, 1.82) is 0 Å². The predicted molar refractivity (Wildman–Crippen MR) is 150 cm³/mol. The number of carbonyl (C=O) groups excluding carboxylic acids is 1. The second-order valence-electron chi connectivity index (χ2n) is 9.72. The number of aromatic nitrogens is 1. The molecule has 0 unspecified atom stereocenters. The van der Waals surface area contributed by atoms with E-state index >= 15 is 0 Å². The summed E-state index contributed by atoms with van der Waals surface area (Å²) in [5.41, 5.74) is 1.03. The first-order valence-corrected chi connectivity index (χ1v) is 14.3. The van der Waals surface area contributed by atoms with Gasteiger partial charge in [-0.1, -0.05) is 53.0 Å². The number of fused-ring (bicyclic) bond motifs is 1. The zero-order valence-corrected chi connectivity index (χ0v) is 22.4. The van der Waals surface area contributed by atoms with Crippen LogP contribution in [0, 0.1) is 11.8 Å². The third-order valence-corrected chi connectivity index (χ3v) is 8.77. The zero-order valence-electron chi connectivity index (χ0n) is 20.0. The van der Waals surface area contributed by atoms with Crippen molar-refractivity contribution in [2.45, 2.75) is 25.7 Å². The average Bonchev–Trinajstić information content (AvgIpc) is 3.32. The Bertz CT molecular complexity index is 1150. The Hall–Kier alpha value is -2.22. The fourth-order valence-electron chi connectivity index (χ4n) is 5.40. The van der Waals surface area contributed by atoms with Gasteiger partial charge in [0.2, 0.25) is 5.91 Å². The quantitative estimate of drug-likeness (QED) is 0.375. The molecule has 2 fully saturated rings. The lowest BCUT2D eigenvalue weighted by Gasteiger charge is -2.40. The smallest absolute Gasteiger partial charge is 0.244 e. The number of carbonyl (C=O) groups is 1. The normalized spacial score (nSPS) is 21.6. The summed E-state index contributed by atoms with van der Waals surface area (Å²) in [7, 11) is 0. The number of anilines is 1. The maximum Gasteiger partial charge on any atom is 0.244 e. The van der Waals surface area contributed by atoms with Crippen molar-refractivity contribution < 1.29 is 4.79 Å². The van der Waals surface area contributed by atoms with Gasteiger partial charge in [0.15, 0.2) is 0 Å². The van der Waals surface area contributed by atoms with Crippen molar-refractivity contribution in [3.8, 4) is 0 Å². The molecule has 2 heterocycles. The van der Waals surface area contributed by atoms with Crippen LogP contribution in [0.15, 0.2) is 59.1 Å². The summed E-state index contributed by atoms with van der Waals surface area (Å²) in [5.74, 6) is 2.38. The maximum absolute atomic E-state index is 12.4. The molecule has 1 aromatic heterocycles. The van der Waals surface area contributed by atoms with Crippen molar-refractivity contribution in [1.82, 2.24) is 14.6 Å². The fraction of sp³-hybridized carbons (Fsp3) is 0.429. The summed E-state index contributed by atoms with van der Waals surface area (Å²) in [6.45, 7) is 6.14. The van der Waals surface area contributed by atoms with E-state index in [1.807, 2.05) is 30.3 Å². The average molecular weight is 554 g/mol. The summed E-state index contributed by atoms with van der Waals surface area (Å²) >= 11 is 5.05. The van der Waals surface area contributed by atoms with Crippen LogP contribution in [0.3, 0.4) is 0 Å². The number of hydrogen-bond donors (Lipinski definition) is 1. The molecule has 0 bridgehead atoms. The summed E-state index contributed by atoms with van der Waals surface area (Å²) in [4.78, 5) is 17.5. The van der Waals surface area contributed by atoms with E-state index in [1.165, 1.54) is 35.8 Å². The Morgan fingerprint density at radius 3 is 2.57 bits per heavy atom. The molecule has 3 aromatic rings. The molecule has 2 atom stereocenters. The number of nitrogens with one attached hydrogen (secondary N) is 1. The predicted octanol–water partition coefficient (Wildman–Crippen LogP) is 5.82. The minimum atomic E-state index is 0.00125. The van der Waals surface area contributed by atoms with Crippen LogP contribution < -0.4 is 10.2 Å². The number of halogens is 1. The first kappa shape index (κ1) is 24.5. The molecule has 1 N–H and O–H groups in total. The third kappa shape index (κ3) is 6.32. The molecule has 1 aliphatic heterocycles. The zero-order chi connectivity index (χ0) is 24.0. The highest BCUT2D eigenvalue weighted by Crippen LogP contribution is 2.32. The van der Waals surface area contributed by atoms with Gasteiger partial charge in [0, 0.05) is 55.2 Å². The molecule has 184 valence electrons. The number of nitrogens with zero attached hydrogens (tertiary/aromatic N) is 3. The third-order valence-electron chi connectivity index (χ3n) is 7.43. The van der Waals surface area contributed by atoms with Crippen LogP contribution in [-0.2, 0) is 4.79 Å². The number of rotatable bonds is 7. The van der Waals surface area contributed by atoms with E-state index < -0.39 is 0 Å². The van der Waals surface area contributed by atoms with Gasteiger partial charge in [-0.05, 0) is 72.1 Å². The van der Waals surface area contributed by atoms with Gasteiger partial charge >= 0.3 is 0 Å². The van der Waals surface area contributed by atoms with Crippen LogP contribution in [0.1, 0.15) is 31.2 Å². The number of hydrogen-bond acceptors (Lipinski definition) is 5. The topological polar surface area (TPSA) is 48.5 Å². The standard InChI is InChI=1S/C28H33BrN4OS/c29-24-12-9-21(10-13-24)11-14-27(34)30-19-22-5-1-2-6-23(22)20-32-15-17-33(18-16-32)28-25-7-3-4-8-26(25)35-31-28/h3-4,7-14,22-23H,1-2,5-6,15-20H2,(H,30,34)/t22-,23-/m1/s1. The van der Waals surface area contributed by atoms with Crippen LogP contribution in [0.5, 0.6) is 0 Å². The maximum atomic E-state index is 12.4. The molecule has 5 rings (SSSR count). The van der Waals surface area contributed by atoms with Gasteiger partial charge in [0.25, 0.3) is 0 Å². The molecule has 2 aromatic carbocycles. The molecule has 1 aliphatic carbocycles. The lowest BCUT2D eigenvalue weighted by Crippen LogP contribution is -2.49. The van der Waals surface area contributed by atoms with Crippen molar-refractivity contribution in [3.05, 3.63) is 64.6 Å². The summed E-state index contributed by atoms with van der Waals surface area (Å²) in [5, 5.41) is 4.46. The van der Waals surface area contributed by atoms with Gasteiger partial charge < -0.3 is 10.2 Å². The molecule has 2 aliphatic rings. The highest BCUT2D eigenvalue weighted by Gasteiger charge is 2.29. The molecule has 5 nitrogen and oxygen atoms in total. The first-order valence-electron chi connectivity index (χ1n) is 12.7. The Morgan fingerprint density at radius 2 is 1.77 bits per heavy atom. The van der Waals surface area contributed by atoms with Gasteiger partial charge in [-0.3, -0.25) is 9.69 Å². The molecule has 1 amide bonds. The molecule has 0 spiro atoms. The highest BCUT2D eigenvalue weighted by molar-refractivity contribution is 9.10. The van der Waals surface area contributed by atoms with Crippen LogP contribution in [-0.4, -0.2) is 54.4 Å².